The molecule has 0 bridgehead atoms. The second-order valence-corrected chi connectivity index (χ2v) is 11.2. The lowest BCUT2D eigenvalue weighted by molar-refractivity contribution is -0.0941. The summed E-state index contributed by atoms with van der Waals surface area (Å²) in [6, 6.07) is 5.21. The number of sulfonamides is 1. The van der Waals surface area contributed by atoms with E-state index in [1.807, 2.05) is 13.8 Å². The SMILES string of the molecule is COc1cccc(OC)c1-n1c(NS(=O)(=O)C(C)C(OC(C)C)c2cnc(C)cn2)nnc1[C@@H]1COCCO1. The first-order valence-corrected chi connectivity index (χ1v) is 14.0. The minimum Gasteiger partial charge on any atom is -0.494 e. The van der Waals surface area contributed by atoms with Gasteiger partial charge in [0.2, 0.25) is 16.0 Å². The highest BCUT2D eigenvalue weighted by molar-refractivity contribution is 7.93. The lowest BCUT2D eigenvalue weighted by atomic mass is 10.2. The number of benzene rings is 1. The normalized spacial score (nSPS) is 17.6. The lowest BCUT2D eigenvalue weighted by Gasteiger charge is -2.27. The Labute approximate surface area is 227 Å². The van der Waals surface area contributed by atoms with Gasteiger partial charge in [0.25, 0.3) is 0 Å². The van der Waals surface area contributed by atoms with Crippen LogP contribution in [0.25, 0.3) is 5.69 Å². The largest absolute Gasteiger partial charge is 0.494 e. The summed E-state index contributed by atoms with van der Waals surface area (Å²) in [5.41, 5.74) is 1.51. The minimum absolute atomic E-state index is 0.0767. The molecule has 0 saturated carbocycles. The summed E-state index contributed by atoms with van der Waals surface area (Å²) in [5, 5.41) is 7.40. The standard InChI is InChI=1S/C25H34N6O7S/c1-15(2)38-23(18-13-26-16(3)12-27-18)17(4)39(32,33)30-25-29-28-24(21-14-36-10-11-37-21)31(25)22-19(34-5)8-7-9-20(22)35-6/h7-9,12-13,15,17,21,23H,10-11,14H2,1-6H3,(H,29,30)/t17?,21-,23?/m0/s1. The summed E-state index contributed by atoms with van der Waals surface area (Å²) in [5.74, 6) is 1.07. The van der Waals surface area contributed by atoms with Crippen LogP contribution in [0.5, 0.6) is 11.5 Å². The van der Waals surface area contributed by atoms with E-state index < -0.39 is 27.5 Å². The number of hydrogen-bond donors (Lipinski definition) is 1. The van der Waals surface area contributed by atoms with Crippen molar-refractivity contribution < 1.29 is 32.1 Å². The number of para-hydroxylation sites is 1. The van der Waals surface area contributed by atoms with Crippen molar-refractivity contribution in [3.8, 4) is 17.2 Å². The molecule has 0 spiro atoms. The molecule has 39 heavy (non-hydrogen) atoms. The molecule has 1 aliphatic heterocycles. The van der Waals surface area contributed by atoms with Gasteiger partial charge in [-0.15, -0.1) is 10.2 Å². The number of hydrogen-bond acceptors (Lipinski definition) is 11. The van der Waals surface area contributed by atoms with Gasteiger partial charge in [-0.25, -0.2) is 8.42 Å². The minimum atomic E-state index is -4.12. The number of nitrogens with one attached hydrogen (secondary N) is 1. The third kappa shape index (κ3) is 6.30. The molecule has 2 aromatic heterocycles. The van der Waals surface area contributed by atoms with E-state index >= 15 is 0 Å². The fraction of sp³-hybridized carbons (Fsp3) is 0.520. The first-order chi connectivity index (χ1) is 18.7. The second-order valence-electron chi connectivity index (χ2n) is 9.20. The van der Waals surface area contributed by atoms with E-state index in [0.29, 0.717) is 47.6 Å². The van der Waals surface area contributed by atoms with Gasteiger partial charge in [0.05, 0.1) is 57.7 Å². The molecule has 13 nitrogen and oxygen atoms in total. The quantitative estimate of drug-likeness (QED) is 0.368. The average molecular weight is 563 g/mol. The van der Waals surface area contributed by atoms with Crippen molar-refractivity contribution in [3.05, 3.63) is 47.8 Å². The predicted molar refractivity (Wildman–Crippen MR) is 142 cm³/mol. The molecule has 3 heterocycles. The molecule has 1 aliphatic rings. The first-order valence-electron chi connectivity index (χ1n) is 12.5. The van der Waals surface area contributed by atoms with Gasteiger partial charge in [0, 0.05) is 6.20 Å². The molecule has 3 aromatic rings. The van der Waals surface area contributed by atoms with Crippen LogP contribution in [0.3, 0.4) is 0 Å². The van der Waals surface area contributed by atoms with Crippen LogP contribution in [0, 0.1) is 6.92 Å². The topological polar surface area (TPSA) is 149 Å². The van der Waals surface area contributed by atoms with Crippen molar-refractivity contribution in [2.75, 3.05) is 38.8 Å². The first kappa shape index (κ1) is 28.7. The third-order valence-corrected chi connectivity index (χ3v) is 7.77. The number of aromatic nitrogens is 5. The van der Waals surface area contributed by atoms with Crippen LogP contribution in [0.15, 0.2) is 30.6 Å². The van der Waals surface area contributed by atoms with Gasteiger partial charge in [-0.05, 0) is 39.8 Å². The molecule has 1 N–H and O–H groups in total. The molecule has 0 radical (unpaired) electrons. The van der Waals surface area contributed by atoms with Crippen molar-refractivity contribution in [1.29, 1.82) is 0 Å². The summed E-state index contributed by atoms with van der Waals surface area (Å²) in [6.45, 7) is 8.00. The van der Waals surface area contributed by atoms with Crippen LogP contribution in [-0.4, -0.2) is 78.5 Å². The molecule has 212 valence electrons. The van der Waals surface area contributed by atoms with Gasteiger partial charge in [-0.3, -0.25) is 19.3 Å². The summed E-state index contributed by atoms with van der Waals surface area (Å²) in [4.78, 5) is 8.64. The zero-order valence-electron chi connectivity index (χ0n) is 22.8. The van der Waals surface area contributed by atoms with Gasteiger partial charge in [-0.1, -0.05) is 6.07 Å². The Kier molecular flexibility index (Phi) is 9.00. The molecule has 3 atom stereocenters. The highest BCUT2D eigenvalue weighted by Gasteiger charge is 2.36. The van der Waals surface area contributed by atoms with E-state index in [-0.39, 0.29) is 18.7 Å². The van der Waals surface area contributed by atoms with Crippen LogP contribution in [0.4, 0.5) is 5.95 Å². The Morgan fingerprint density at radius 1 is 1.05 bits per heavy atom. The average Bonchev–Trinajstić information content (AvgIpc) is 3.33. The van der Waals surface area contributed by atoms with Crippen LogP contribution in [0.1, 0.15) is 50.2 Å². The monoisotopic (exact) mass is 562 g/mol. The second kappa shape index (κ2) is 12.2. The maximum absolute atomic E-state index is 13.8. The number of aryl methyl sites for hydroxylation is 1. The predicted octanol–water partition coefficient (Wildman–Crippen LogP) is 2.77. The van der Waals surface area contributed by atoms with Gasteiger partial charge >= 0.3 is 0 Å². The Bertz CT molecular complexity index is 1340. The molecule has 1 saturated heterocycles. The fourth-order valence-electron chi connectivity index (χ4n) is 4.13. The number of rotatable bonds is 11. The number of nitrogens with zero attached hydrogens (tertiary/aromatic N) is 5. The van der Waals surface area contributed by atoms with Crippen molar-refractivity contribution in [2.24, 2.45) is 0 Å². The zero-order valence-corrected chi connectivity index (χ0v) is 23.6. The third-order valence-electron chi connectivity index (χ3n) is 6.08. The maximum atomic E-state index is 13.8. The van der Waals surface area contributed by atoms with Gasteiger partial charge in [-0.2, -0.15) is 0 Å². The summed E-state index contributed by atoms with van der Waals surface area (Å²) in [6.07, 6.45) is 1.32. The maximum Gasteiger partial charge on any atom is 0.243 e. The van der Waals surface area contributed by atoms with Crippen LogP contribution in [-0.2, 0) is 24.2 Å². The molecule has 0 aliphatic carbocycles. The zero-order chi connectivity index (χ0) is 28.2. The molecule has 2 unspecified atom stereocenters. The van der Waals surface area contributed by atoms with Crippen molar-refractivity contribution in [2.45, 2.75) is 51.3 Å². The van der Waals surface area contributed by atoms with Crippen LogP contribution < -0.4 is 14.2 Å². The highest BCUT2D eigenvalue weighted by Crippen LogP contribution is 2.38. The van der Waals surface area contributed by atoms with Gasteiger partial charge in [0.1, 0.15) is 34.6 Å². The van der Waals surface area contributed by atoms with E-state index in [1.165, 1.54) is 25.0 Å². The van der Waals surface area contributed by atoms with E-state index in [9.17, 15) is 8.42 Å². The molecule has 1 fully saturated rings. The van der Waals surface area contributed by atoms with Crippen molar-refractivity contribution >= 4 is 16.0 Å². The van der Waals surface area contributed by atoms with E-state index in [4.69, 9.17) is 23.7 Å². The molecule has 14 heteroatoms. The Hall–Kier alpha value is -3.33. The molecule has 0 amide bonds. The smallest absolute Gasteiger partial charge is 0.243 e. The Morgan fingerprint density at radius 2 is 1.77 bits per heavy atom. The number of anilines is 1. The highest BCUT2D eigenvalue weighted by atomic mass is 32.2. The number of ether oxygens (including phenoxy) is 5. The molecule has 4 rings (SSSR count). The van der Waals surface area contributed by atoms with Gasteiger partial charge in [0.15, 0.2) is 5.82 Å². The Balaban J connectivity index is 1.79. The summed E-state index contributed by atoms with van der Waals surface area (Å²) in [7, 11) is -1.11. The van der Waals surface area contributed by atoms with Gasteiger partial charge < -0.3 is 23.7 Å². The summed E-state index contributed by atoms with van der Waals surface area (Å²) < 4.78 is 60.4. The van der Waals surface area contributed by atoms with E-state index in [1.54, 1.807) is 38.2 Å². The molecular formula is C25H34N6O7S. The summed E-state index contributed by atoms with van der Waals surface area (Å²) >= 11 is 0. The van der Waals surface area contributed by atoms with E-state index in [2.05, 4.69) is 24.9 Å². The number of methoxy groups -OCH3 is 2. The Morgan fingerprint density at radius 3 is 2.33 bits per heavy atom. The molecular weight excluding hydrogens is 528 g/mol. The fourth-order valence-corrected chi connectivity index (χ4v) is 5.23. The van der Waals surface area contributed by atoms with Crippen LogP contribution >= 0.6 is 0 Å². The van der Waals surface area contributed by atoms with Crippen molar-refractivity contribution in [1.82, 2.24) is 24.7 Å². The lowest BCUT2D eigenvalue weighted by Crippen LogP contribution is -2.34. The molecule has 1 aromatic carbocycles. The van der Waals surface area contributed by atoms with E-state index in [0.717, 1.165) is 0 Å². The van der Waals surface area contributed by atoms with Crippen molar-refractivity contribution in [3.63, 3.8) is 0 Å². The van der Waals surface area contributed by atoms with Crippen LogP contribution in [0.2, 0.25) is 0 Å².